The topological polar surface area (TPSA) is 75.2 Å². The minimum Gasteiger partial charge on any atom is -0.497 e. The molecule has 0 atom stereocenters. The predicted molar refractivity (Wildman–Crippen MR) is 127 cm³/mol. The average Bonchev–Trinajstić information content (AvgIpc) is 3.19. The van der Waals surface area contributed by atoms with Crippen LogP contribution in [0.15, 0.2) is 29.3 Å². The van der Waals surface area contributed by atoms with Gasteiger partial charge < -0.3 is 25.0 Å². The van der Waals surface area contributed by atoms with Crippen molar-refractivity contribution in [1.29, 1.82) is 0 Å². The maximum Gasteiger partial charge on any atom is 0.230 e. The molecule has 1 fully saturated rings. The molecule has 0 radical (unpaired) electrons. The van der Waals surface area contributed by atoms with Crippen LogP contribution in [-0.4, -0.2) is 64.7 Å². The normalized spacial score (nSPS) is 15.2. The van der Waals surface area contributed by atoms with Gasteiger partial charge >= 0.3 is 0 Å². The van der Waals surface area contributed by atoms with Crippen LogP contribution >= 0.6 is 24.0 Å². The fourth-order valence-corrected chi connectivity index (χ4v) is 3.61. The summed E-state index contributed by atoms with van der Waals surface area (Å²) >= 11 is 0. The molecule has 0 heterocycles. The number of carbonyl (C=O) groups excluding carboxylic acids is 1. The van der Waals surface area contributed by atoms with Crippen molar-refractivity contribution in [3.8, 4) is 11.5 Å². The fourth-order valence-electron chi connectivity index (χ4n) is 3.61. The van der Waals surface area contributed by atoms with Gasteiger partial charge in [0.15, 0.2) is 5.96 Å². The lowest BCUT2D eigenvalue weighted by atomic mass is 9.84. The Kier molecular flexibility index (Phi) is 11.2. The third kappa shape index (κ3) is 7.56. The Hall–Kier alpha value is -1.71. The van der Waals surface area contributed by atoms with E-state index in [1.165, 1.54) is 0 Å². The molecule has 1 aliphatic carbocycles. The standard InChI is InChI=1S/C21H34N4O3.HI/c1-22-20(24-16-21(12-5-6-13-21)19(26)25(2)3)23-14-7-15-28-18-10-8-17(27-4)9-11-18;/h8-11H,5-7,12-16H2,1-4H3,(H2,22,23,24);1H. The van der Waals surface area contributed by atoms with Gasteiger partial charge in [-0.25, -0.2) is 0 Å². The number of nitrogens with one attached hydrogen (secondary N) is 2. The number of nitrogens with zero attached hydrogens (tertiary/aromatic N) is 2. The SMILES string of the molecule is CN=C(NCCCOc1ccc(OC)cc1)NCC1(C(=O)N(C)C)CCCC1.I. The largest absolute Gasteiger partial charge is 0.497 e. The van der Waals surface area contributed by atoms with Gasteiger partial charge in [-0.05, 0) is 43.5 Å². The van der Waals surface area contributed by atoms with Crippen LogP contribution in [-0.2, 0) is 4.79 Å². The van der Waals surface area contributed by atoms with Gasteiger partial charge in [0.25, 0.3) is 0 Å². The third-order valence-corrected chi connectivity index (χ3v) is 5.18. The van der Waals surface area contributed by atoms with Crippen LogP contribution < -0.4 is 20.1 Å². The minimum atomic E-state index is -0.307. The van der Waals surface area contributed by atoms with Crippen molar-refractivity contribution in [3.05, 3.63) is 24.3 Å². The highest BCUT2D eigenvalue weighted by atomic mass is 127. The Morgan fingerprint density at radius 1 is 1.14 bits per heavy atom. The molecule has 0 saturated heterocycles. The van der Waals surface area contributed by atoms with Crippen molar-refractivity contribution in [2.24, 2.45) is 10.4 Å². The van der Waals surface area contributed by atoms with Crippen molar-refractivity contribution in [1.82, 2.24) is 15.5 Å². The molecule has 29 heavy (non-hydrogen) atoms. The lowest BCUT2D eigenvalue weighted by molar-refractivity contribution is -0.138. The van der Waals surface area contributed by atoms with E-state index in [1.807, 2.05) is 38.4 Å². The minimum absolute atomic E-state index is 0. The molecule has 0 aromatic heterocycles. The van der Waals surface area contributed by atoms with Crippen molar-refractivity contribution < 1.29 is 14.3 Å². The van der Waals surface area contributed by atoms with E-state index in [-0.39, 0.29) is 35.3 Å². The number of ether oxygens (including phenoxy) is 2. The van der Waals surface area contributed by atoms with Gasteiger partial charge in [0, 0.05) is 34.2 Å². The molecule has 2 rings (SSSR count). The average molecular weight is 518 g/mol. The summed E-state index contributed by atoms with van der Waals surface area (Å²) in [6, 6.07) is 7.56. The first-order valence-electron chi connectivity index (χ1n) is 9.94. The number of benzene rings is 1. The fraction of sp³-hybridized carbons (Fsp3) is 0.619. The maximum absolute atomic E-state index is 12.6. The summed E-state index contributed by atoms with van der Waals surface area (Å²) in [4.78, 5) is 18.6. The molecule has 0 spiro atoms. The van der Waals surface area contributed by atoms with Crippen molar-refractivity contribution in [3.63, 3.8) is 0 Å². The Labute approximate surface area is 191 Å². The second-order valence-corrected chi connectivity index (χ2v) is 7.42. The Bertz CT molecular complexity index is 644. The first kappa shape index (κ1) is 25.3. The zero-order valence-electron chi connectivity index (χ0n) is 18.0. The summed E-state index contributed by atoms with van der Waals surface area (Å²) < 4.78 is 10.9. The first-order chi connectivity index (χ1) is 13.5. The molecule has 164 valence electrons. The summed E-state index contributed by atoms with van der Waals surface area (Å²) in [5, 5.41) is 6.64. The van der Waals surface area contributed by atoms with E-state index in [2.05, 4.69) is 15.6 Å². The number of rotatable bonds is 9. The second-order valence-electron chi connectivity index (χ2n) is 7.42. The molecule has 0 bridgehead atoms. The van der Waals surface area contributed by atoms with Crippen LogP contribution in [0.2, 0.25) is 0 Å². The van der Waals surface area contributed by atoms with E-state index in [0.29, 0.717) is 13.2 Å². The van der Waals surface area contributed by atoms with E-state index < -0.39 is 0 Å². The van der Waals surface area contributed by atoms with Gasteiger partial charge in [0.05, 0.1) is 19.1 Å². The summed E-state index contributed by atoms with van der Waals surface area (Å²) in [6.07, 6.45) is 4.92. The van der Waals surface area contributed by atoms with Crippen LogP contribution in [0.1, 0.15) is 32.1 Å². The Morgan fingerprint density at radius 3 is 2.31 bits per heavy atom. The van der Waals surface area contributed by atoms with Crippen molar-refractivity contribution in [2.45, 2.75) is 32.1 Å². The number of aliphatic imine (C=N–C) groups is 1. The quantitative estimate of drug-likeness (QED) is 0.228. The van der Waals surface area contributed by atoms with Crippen LogP contribution in [0.5, 0.6) is 11.5 Å². The van der Waals surface area contributed by atoms with Gasteiger partial charge in [-0.1, -0.05) is 12.8 Å². The molecule has 1 saturated carbocycles. The predicted octanol–water partition coefficient (Wildman–Crippen LogP) is 2.90. The van der Waals surface area contributed by atoms with E-state index in [9.17, 15) is 4.79 Å². The zero-order chi connectivity index (χ0) is 20.4. The van der Waals surface area contributed by atoms with Gasteiger partial charge in [-0.3, -0.25) is 9.79 Å². The number of hydrogen-bond acceptors (Lipinski definition) is 4. The van der Waals surface area contributed by atoms with E-state index in [1.54, 1.807) is 19.1 Å². The van der Waals surface area contributed by atoms with Crippen molar-refractivity contribution >= 4 is 35.8 Å². The molecule has 1 aromatic carbocycles. The number of guanidine groups is 1. The van der Waals surface area contributed by atoms with Crippen LogP contribution in [0.25, 0.3) is 0 Å². The smallest absolute Gasteiger partial charge is 0.230 e. The Morgan fingerprint density at radius 2 is 1.76 bits per heavy atom. The highest BCUT2D eigenvalue weighted by Crippen LogP contribution is 2.38. The lowest BCUT2D eigenvalue weighted by Crippen LogP contribution is -2.49. The summed E-state index contributed by atoms with van der Waals surface area (Å²) in [5.74, 6) is 2.58. The molecule has 1 aromatic rings. The molecule has 0 aliphatic heterocycles. The van der Waals surface area contributed by atoms with Crippen LogP contribution in [0.3, 0.4) is 0 Å². The molecule has 1 amide bonds. The van der Waals surface area contributed by atoms with Gasteiger partial charge in [-0.15, -0.1) is 24.0 Å². The number of carbonyl (C=O) groups is 1. The summed E-state index contributed by atoms with van der Waals surface area (Å²) in [5.41, 5.74) is -0.307. The van der Waals surface area contributed by atoms with Gasteiger partial charge in [0.2, 0.25) is 5.91 Å². The molecule has 8 heteroatoms. The maximum atomic E-state index is 12.6. The summed E-state index contributed by atoms with van der Waals surface area (Å²) in [7, 11) is 7.06. The van der Waals surface area contributed by atoms with Gasteiger partial charge in [0.1, 0.15) is 11.5 Å². The van der Waals surface area contributed by atoms with E-state index >= 15 is 0 Å². The lowest BCUT2D eigenvalue weighted by Gasteiger charge is -2.31. The Balaban J connectivity index is 0.00000420. The van der Waals surface area contributed by atoms with Crippen LogP contribution in [0, 0.1) is 5.41 Å². The zero-order valence-corrected chi connectivity index (χ0v) is 20.3. The highest BCUT2D eigenvalue weighted by Gasteiger charge is 2.42. The summed E-state index contributed by atoms with van der Waals surface area (Å²) in [6.45, 7) is 1.97. The monoisotopic (exact) mass is 518 g/mol. The molecule has 1 aliphatic rings. The molecule has 2 N–H and O–H groups in total. The van der Waals surface area contributed by atoms with Crippen LogP contribution in [0.4, 0.5) is 0 Å². The first-order valence-corrected chi connectivity index (χ1v) is 9.94. The number of halogens is 1. The number of amides is 1. The number of methoxy groups -OCH3 is 1. The van der Waals surface area contributed by atoms with Crippen molar-refractivity contribution in [2.75, 3.05) is 47.9 Å². The number of hydrogen-bond donors (Lipinski definition) is 2. The van der Waals surface area contributed by atoms with E-state index in [0.717, 1.165) is 56.1 Å². The van der Waals surface area contributed by atoms with E-state index in [4.69, 9.17) is 9.47 Å². The molecular weight excluding hydrogens is 483 g/mol. The second kappa shape index (κ2) is 12.8. The molecule has 7 nitrogen and oxygen atoms in total. The molecule has 0 unspecified atom stereocenters. The van der Waals surface area contributed by atoms with Gasteiger partial charge in [-0.2, -0.15) is 0 Å². The molecular formula is C21H35IN4O3. The third-order valence-electron chi connectivity index (χ3n) is 5.18. The highest BCUT2D eigenvalue weighted by molar-refractivity contribution is 14.0.